The van der Waals surface area contributed by atoms with Crippen molar-refractivity contribution in [1.29, 1.82) is 0 Å². The molecule has 0 N–H and O–H groups in total. The summed E-state index contributed by atoms with van der Waals surface area (Å²) in [6.07, 6.45) is 3.25. The van der Waals surface area contributed by atoms with E-state index in [1.54, 1.807) is 12.5 Å². The Morgan fingerprint density at radius 2 is 1.85 bits per heavy atom. The third-order valence-electron chi connectivity index (χ3n) is 0.947. The predicted molar refractivity (Wildman–Crippen MR) is 43.3 cm³/mol. The molecule has 13 heavy (non-hydrogen) atoms. The summed E-state index contributed by atoms with van der Waals surface area (Å²) >= 11 is 0. The van der Waals surface area contributed by atoms with Gasteiger partial charge in [-0.15, -0.1) is 14.7 Å². The van der Waals surface area contributed by atoms with Gasteiger partial charge in [-0.3, -0.25) is 4.84 Å². The Labute approximate surface area is 96.3 Å². The third kappa shape index (κ3) is 5.78. The minimum atomic E-state index is -1.18. The van der Waals surface area contributed by atoms with E-state index in [-0.39, 0.29) is 29.6 Å². The number of nitrogens with zero attached hydrogens (tertiary/aromatic N) is 1. The monoisotopic (exact) mass is 197 g/mol. The first-order valence-electron chi connectivity index (χ1n) is 3.12. The smallest absolute Gasteiger partial charge is 0.0902 e. The van der Waals surface area contributed by atoms with Crippen LogP contribution >= 0.6 is 0 Å². The quantitative estimate of drug-likeness (QED) is 0.232. The molecule has 0 aromatic carbocycles. The van der Waals surface area contributed by atoms with E-state index in [0.717, 1.165) is 0 Å². The molecule has 2 rings (SSSR count). The fourth-order valence-corrected chi connectivity index (χ4v) is 0.384. The minimum Gasteiger partial charge on any atom is -0.473 e. The zero-order valence-electron chi connectivity index (χ0n) is 6.30. The van der Waals surface area contributed by atoms with Gasteiger partial charge in [0, 0.05) is 6.92 Å². The van der Waals surface area contributed by atoms with Crippen LogP contribution in [0, 0.1) is 4.91 Å². The molecule has 0 atom stereocenters. The summed E-state index contributed by atoms with van der Waals surface area (Å²) in [5.74, 6) is -1.18. The third-order valence-corrected chi connectivity index (χ3v) is 0.947. The molecule has 0 aliphatic carbocycles. The fraction of sp³-hybridized carbons (Fsp3) is 0.333. The summed E-state index contributed by atoms with van der Waals surface area (Å²) in [6.45, 7) is 1.42. The molecular formula is C6H8NNaO5. The van der Waals surface area contributed by atoms with E-state index in [0.29, 0.717) is 0 Å². The zero-order chi connectivity index (χ0) is 8.86. The van der Waals surface area contributed by atoms with Gasteiger partial charge in [0.15, 0.2) is 5.34 Å². The van der Waals surface area contributed by atoms with Crippen molar-refractivity contribution in [2.24, 2.45) is 5.34 Å². The maximum absolute atomic E-state index is 9.23. The summed E-state index contributed by atoms with van der Waals surface area (Å²) in [5, 5.41) is 2.07. The fourth-order valence-electron chi connectivity index (χ4n) is 0.384. The Balaban J connectivity index is 0.000000215. The van der Waals surface area contributed by atoms with Gasteiger partial charge >= 0.3 is 35.5 Å². The van der Waals surface area contributed by atoms with Gasteiger partial charge < -0.3 is 4.42 Å². The number of furan rings is 1. The van der Waals surface area contributed by atoms with Gasteiger partial charge in [-0.1, -0.05) is 0 Å². The predicted octanol–water partition coefficient (Wildman–Crippen LogP) is 0.951. The summed E-state index contributed by atoms with van der Waals surface area (Å²) < 4.78 is 4.58. The average Bonchev–Trinajstić information content (AvgIpc) is 2.61. The van der Waals surface area contributed by atoms with Gasteiger partial charge in [0.2, 0.25) is 0 Å². The van der Waals surface area contributed by atoms with E-state index in [1.165, 1.54) is 6.92 Å². The first-order valence-corrected chi connectivity index (χ1v) is 3.12. The van der Waals surface area contributed by atoms with Crippen LogP contribution in [0.3, 0.4) is 0 Å². The van der Waals surface area contributed by atoms with Crippen molar-refractivity contribution < 1.29 is 19.0 Å². The van der Waals surface area contributed by atoms with Crippen LogP contribution in [-0.4, -0.2) is 35.5 Å². The standard InChI is InChI=1S/C4H4O.C2H3NO4.Na.H/c1-2-4-5-3-1;1-2(5-3-4)6-7-2;;/h1-4H;1H3;;. The molecule has 0 bridgehead atoms. The van der Waals surface area contributed by atoms with Crippen LogP contribution in [0.25, 0.3) is 0 Å². The molecule has 0 saturated carbocycles. The molecule has 68 valence electrons. The van der Waals surface area contributed by atoms with E-state index in [2.05, 4.69) is 24.4 Å². The van der Waals surface area contributed by atoms with Gasteiger partial charge in [0.25, 0.3) is 0 Å². The topological polar surface area (TPSA) is 76.9 Å². The largest absolute Gasteiger partial charge is 0.473 e. The molecule has 2 heterocycles. The molecule has 0 radical (unpaired) electrons. The molecule has 1 fully saturated rings. The van der Waals surface area contributed by atoms with E-state index in [4.69, 9.17) is 0 Å². The van der Waals surface area contributed by atoms with Crippen LogP contribution in [-0.2, 0) is 14.6 Å². The summed E-state index contributed by atoms with van der Waals surface area (Å²) in [6, 6.07) is 3.67. The Kier molecular flexibility index (Phi) is 5.93. The first-order chi connectivity index (χ1) is 5.77. The van der Waals surface area contributed by atoms with Crippen LogP contribution in [0.15, 0.2) is 34.4 Å². The average molecular weight is 197 g/mol. The second-order valence-corrected chi connectivity index (χ2v) is 1.99. The number of rotatable bonds is 2. The molecule has 0 amide bonds. The minimum absolute atomic E-state index is 0. The van der Waals surface area contributed by atoms with Crippen molar-refractivity contribution >= 4 is 29.6 Å². The number of hydrogen-bond donors (Lipinski definition) is 0. The van der Waals surface area contributed by atoms with Gasteiger partial charge in [-0.2, -0.15) is 0 Å². The molecule has 0 unspecified atom stereocenters. The molecule has 1 aromatic rings. The SMILES string of the molecule is CC1(ON=O)OO1.[NaH].c1ccoc1. The summed E-state index contributed by atoms with van der Waals surface area (Å²) in [5.41, 5.74) is 0. The molecule has 7 heteroatoms. The molecule has 1 aromatic heterocycles. The van der Waals surface area contributed by atoms with E-state index in [1.807, 2.05) is 12.1 Å². The maximum atomic E-state index is 9.23. The van der Waals surface area contributed by atoms with E-state index < -0.39 is 5.97 Å². The molecule has 0 spiro atoms. The molecule has 1 aliphatic heterocycles. The molecular weight excluding hydrogens is 189 g/mol. The van der Waals surface area contributed by atoms with Crippen LogP contribution < -0.4 is 0 Å². The van der Waals surface area contributed by atoms with Crippen LogP contribution in [0.5, 0.6) is 0 Å². The van der Waals surface area contributed by atoms with Crippen molar-refractivity contribution in [3.63, 3.8) is 0 Å². The Bertz CT molecular complexity index is 206. The number of hydrogen-bond acceptors (Lipinski definition) is 6. The van der Waals surface area contributed by atoms with E-state index >= 15 is 0 Å². The van der Waals surface area contributed by atoms with Crippen LogP contribution in [0.1, 0.15) is 6.92 Å². The van der Waals surface area contributed by atoms with Crippen molar-refractivity contribution in [1.82, 2.24) is 0 Å². The Morgan fingerprint density at radius 3 is 2.00 bits per heavy atom. The molecule has 1 saturated heterocycles. The van der Waals surface area contributed by atoms with Gasteiger partial charge in [-0.05, 0) is 12.1 Å². The first kappa shape index (κ1) is 12.6. The van der Waals surface area contributed by atoms with Crippen molar-refractivity contribution in [2.45, 2.75) is 12.9 Å². The normalized spacial score (nSPS) is 15.8. The summed E-state index contributed by atoms with van der Waals surface area (Å²) in [7, 11) is 0. The van der Waals surface area contributed by atoms with Crippen molar-refractivity contribution in [3.8, 4) is 0 Å². The Morgan fingerprint density at radius 1 is 1.31 bits per heavy atom. The Hall–Kier alpha value is -0.400. The van der Waals surface area contributed by atoms with Crippen molar-refractivity contribution in [3.05, 3.63) is 29.6 Å². The summed E-state index contributed by atoms with van der Waals surface area (Å²) in [4.78, 5) is 21.4. The molecule has 1 aliphatic rings. The maximum Gasteiger partial charge on any atom is 0.0902 e. The second-order valence-electron chi connectivity index (χ2n) is 1.99. The van der Waals surface area contributed by atoms with E-state index in [9.17, 15) is 4.91 Å². The van der Waals surface area contributed by atoms with Gasteiger partial charge in [0.05, 0.1) is 12.5 Å². The molecule has 6 nitrogen and oxygen atoms in total. The van der Waals surface area contributed by atoms with Crippen LogP contribution in [0.2, 0.25) is 0 Å². The second kappa shape index (κ2) is 6.11. The van der Waals surface area contributed by atoms with Gasteiger partial charge in [-0.25, -0.2) is 0 Å². The zero-order valence-corrected chi connectivity index (χ0v) is 6.30. The van der Waals surface area contributed by atoms with Gasteiger partial charge in [0.1, 0.15) is 0 Å². The van der Waals surface area contributed by atoms with Crippen LogP contribution in [0.4, 0.5) is 0 Å². The van der Waals surface area contributed by atoms with Crippen molar-refractivity contribution in [2.75, 3.05) is 0 Å².